The van der Waals surface area contributed by atoms with E-state index in [0.29, 0.717) is 35.7 Å². The number of nitrogens with zero attached hydrogens (tertiary/aromatic N) is 4. The molecule has 0 spiro atoms. The van der Waals surface area contributed by atoms with Gasteiger partial charge >= 0.3 is 6.18 Å². The third kappa shape index (κ3) is 4.65. The molecule has 3 atom stereocenters. The molecule has 3 fully saturated rings. The lowest BCUT2D eigenvalue weighted by Gasteiger charge is -2.49. The molecule has 2 bridgehead atoms. The summed E-state index contributed by atoms with van der Waals surface area (Å²) in [5.74, 6) is 1.18. The number of carbonyl (C=O) groups excluding carboxylic acids is 1. The SMILES string of the molecule is COc1ccc(C(=O)N2C[C@@H]3CC[C@H]2[C@H](Oc2ccc(C(F)(F)F)cn2)C3)c(-c2ncccn2)c1. The van der Waals surface area contributed by atoms with E-state index < -0.39 is 11.7 Å². The van der Waals surface area contributed by atoms with Gasteiger partial charge in [-0.25, -0.2) is 15.0 Å². The molecule has 3 aliphatic rings. The number of aromatic nitrogens is 3. The molecule has 6 rings (SSSR count). The second-order valence-corrected chi connectivity index (χ2v) is 8.73. The van der Waals surface area contributed by atoms with Gasteiger partial charge < -0.3 is 14.4 Å². The topological polar surface area (TPSA) is 77.4 Å². The molecule has 182 valence electrons. The van der Waals surface area contributed by atoms with Gasteiger partial charge in [0.1, 0.15) is 11.9 Å². The van der Waals surface area contributed by atoms with Crippen LogP contribution in [0.15, 0.2) is 55.0 Å². The molecule has 2 saturated heterocycles. The Hall–Kier alpha value is -3.69. The number of methoxy groups -OCH3 is 1. The van der Waals surface area contributed by atoms with Crippen molar-refractivity contribution < 1.29 is 27.4 Å². The predicted octanol–water partition coefficient (Wildman–Crippen LogP) is 4.64. The van der Waals surface area contributed by atoms with Crippen LogP contribution in [0, 0.1) is 5.92 Å². The van der Waals surface area contributed by atoms with Crippen LogP contribution in [-0.4, -0.2) is 51.6 Å². The number of halogens is 3. The van der Waals surface area contributed by atoms with Crippen molar-refractivity contribution in [1.82, 2.24) is 19.9 Å². The zero-order valence-electron chi connectivity index (χ0n) is 18.9. The maximum absolute atomic E-state index is 13.8. The van der Waals surface area contributed by atoms with Gasteiger partial charge in [-0.3, -0.25) is 4.79 Å². The summed E-state index contributed by atoms with van der Waals surface area (Å²) in [6.45, 7) is 0.588. The highest BCUT2D eigenvalue weighted by molar-refractivity contribution is 6.00. The smallest absolute Gasteiger partial charge is 0.417 e. The number of hydrogen-bond acceptors (Lipinski definition) is 6. The van der Waals surface area contributed by atoms with Gasteiger partial charge in [0.25, 0.3) is 5.91 Å². The normalized spacial score (nSPS) is 21.6. The van der Waals surface area contributed by atoms with E-state index in [-0.39, 0.29) is 29.9 Å². The number of ether oxygens (including phenoxy) is 2. The van der Waals surface area contributed by atoms with Crippen LogP contribution in [0.2, 0.25) is 0 Å². The molecule has 3 aromatic rings. The van der Waals surface area contributed by atoms with Gasteiger partial charge in [-0.05, 0) is 55.5 Å². The average Bonchev–Trinajstić information content (AvgIpc) is 2.88. The highest BCUT2D eigenvalue weighted by Crippen LogP contribution is 2.39. The molecule has 1 aliphatic carbocycles. The van der Waals surface area contributed by atoms with E-state index in [1.807, 2.05) is 0 Å². The third-order valence-corrected chi connectivity index (χ3v) is 6.58. The largest absolute Gasteiger partial charge is 0.497 e. The highest BCUT2D eigenvalue weighted by atomic mass is 19.4. The number of carbonyl (C=O) groups is 1. The summed E-state index contributed by atoms with van der Waals surface area (Å²) in [4.78, 5) is 28.0. The number of fused-ring (bicyclic) bond motifs is 3. The number of rotatable bonds is 5. The summed E-state index contributed by atoms with van der Waals surface area (Å²) in [7, 11) is 1.55. The maximum Gasteiger partial charge on any atom is 0.417 e. The minimum absolute atomic E-state index is 0.116. The Morgan fingerprint density at radius 1 is 1.09 bits per heavy atom. The van der Waals surface area contributed by atoms with Crippen molar-refractivity contribution in [2.45, 2.75) is 37.6 Å². The van der Waals surface area contributed by atoms with Crippen LogP contribution in [0.5, 0.6) is 11.6 Å². The summed E-state index contributed by atoms with van der Waals surface area (Å²) in [5, 5.41) is 0. The Morgan fingerprint density at radius 2 is 1.89 bits per heavy atom. The van der Waals surface area contributed by atoms with Crippen LogP contribution < -0.4 is 9.47 Å². The number of alkyl halides is 3. The molecule has 2 aromatic heterocycles. The van der Waals surface area contributed by atoms with Crippen LogP contribution in [0.1, 0.15) is 35.2 Å². The van der Waals surface area contributed by atoms with Gasteiger partial charge in [-0.2, -0.15) is 13.2 Å². The van der Waals surface area contributed by atoms with Crippen LogP contribution in [0.4, 0.5) is 13.2 Å². The van der Waals surface area contributed by atoms with Crippen LogP contribution in [0.25, 0.3) is 11.4 Å². The van der Waals surface area contributed by atoms with E-state index in [4.69, 9.17) is 9.47 Å². The minimum atomic E-state index is -4.46. The molecule has 0 N–H and O–H groups in total. The van der Waals surface area contributed by atoms with Crippen molar-refractivity contribution in [3.63, 3.8) is 0 Å². The summed E-state index contributed by atoms with van der Waals surface area (Å²) >= 11 is 0. The maximum atomic E-state index is 13.8. The van der Waals surface area contributed by atoms with Crippen molar-refractivity contribution in [3.05, 3.63) is 66.1 Å². The molecule has 4 heterocycles. The van der Waals surface area contributed by atoms with Crippen molar-refractivity contribution in [2.75, 3.05) is 13.7 Å². The molecule has 7 nitrogen and oxygen atoms in total. The molecule has 1 saturated carbocycles. The van der Waals surface area contributed by atoms with Gasteiger partial charge in [0, 0.05) is 36.8 Å². The quantitative estimate of drug-likeness (QED) is 0.525. The number of benzene rings is 1. The van der Waals surface area contributed by atoms with Crippen LogP contribution >= 0.6 is 0 Å². The van der Waals surface area contributed by atoms with Crippen LogP contribution in [0.3, 0.4) is 0 Å². The molecular formula is C25H23F3N4O3. The average molecular weight is 484 g/mol. The Balaban J connectivity index is 1.41. The highest BCUT2D eigenvalue weighted by Gasteiger charge is 2.45. The van der Waals surface area contributed by atoms with Crippen molar-refractivity contribution in [3.8, 4) is 23.0 Å². The molecule has 35 heavy (non-hydrogen) atoms. The number of pyridine rings is 1. The zero-order chi connectivity index (χ0) is 24.6. The number of amides is 1. The van der Waals surface area contributed by atoms with E-state index >= 15 is 0 Å². The standard InChI is InChI=1S/C25H23F3N4O3/c1-34-17-5-6-18(19(12-17)23-29-9-2-10-30-23)24(33)32-14-15-3-7-20(32)21(11-15)35-22-8-4-16(13-31-22)25(26,27)28/h2,4-6,8-10,12-13,15,20-21H,3,7,11,14H2,1H3/t15-,20+,21-/m1/s1. The summed E-state index contributed by atoms with van der Waals surface area (Å²) in [5.41, 5.74) is 0.191. The van der Waals surface area contributed by atoms with E-state index in [1.165, 1.54) is 6.07 Å². The molecular weight excluding hydrogens is 461 g/mol. The zero-order valence-corrected chi connectivity index (χ0v) is 18.9. The first-order valence-corrected chi connectivity index (χ1v) is 11.3. The van der Waals surface area contributed by atoms with E-state index in [0.717, 1.165) is 25.1 Å². The summed E-state index contributed by atoms with van der Waals surface area (Å²) < 4.78 is 49.9. The number of hydrogen-bond donors (Lipinski definition) is 0. The summed E-state index contributed by atoms with van der Waals surface area (Å²) in [6.07, 6.45) is 1.60. The molecule has 1 aromatic carbocycles. The van der Waals surface area contributed by atoms with E-state index in [2.05, 4.69) is 15.0 Å². The Bertz CT molecular complexity index is 1200. The van der Waals surface area contributed by atoms with Crippen molar-refractivity contribution in [1.29, 1.82) is 0 Å². The fraction of sp³-hybridized carbons (Fsp3) is 0.360. The fourth-order valence-corrected chi connectivity index (χ4v) is 4.88. The fourth-order valence-electron chi connectivity index (χ4n) is 4.88. The first kappa shape index (κ1) is 23.1. The molecule has 10 heteroatoms. The lowest BCUT2D eigenvalue weighted by molar-refractivity contribution is -0.137. The minimum Gasteiger partial charge on any atom is -0.497 e. The number of piperidine rings is 2. The second kappa shape index (κ2) is 9.16. The van der Waals surface area contributed by atoms with Gasteiger partial charge in [-0.15, -0.1) is 0 Å². The lowest BCUT2D eigenvalue weighted by atomic mass is 9.77. The van der Waals surface area contributed by atoms with Crippen LogP contribution in [-0.2, 0) is 6.18 Å². The van der Waals surface area contributed by atoms with Gasteiger partial charge in [0.05, 0.1) is 24.3 Å². The van der Waals surface area contributed by atoms with E-state index in [9.17, 15) is 18.0 Å². The Morgan fingerprint density at radius 3 is 2.54 bits per heavy atom. The molecule has 0 radical (unpaired) electrons. The van der Waals surface area contributed by atoms with E-state index in [1.54, 1.807) is 48.7 Å². The Labute approximate surface area is 199 Å². The predicted molar refractivity (Wildman–Crippen MR) is 120 cm³/mol. The first-order chi connectivity index (χ1) is 16.8. The summed E-state index contributed by atoms with van der Waals surface area (Å²) in [6, 6.07) is 8.84. The molecule has 2 aliphatic heterocycles. The van der Waals surface area contributed by atoms with Crippen molar-refractivity contribution in [2.24, 2.45) is 5.92 Å². The third-order valence-electron chi connectivity index (χ3n) is 6.58. The van der Waals surface area contributed by atoms with Gasteiger partial charge in [0.15, 0.2) is 5.82 Å². The Kier molecular flexibility index (Phi) is 6.04. The van der Waals surface area contributed by atoms with Gasteiger partial charge in [0.2, 0.25) is 5.88 Å². The lowest BCUT2D eigenvalue weighted by Crippen LogP contribution is -2.59. The monoisotopic (exact) mass is 484 g/mol. The first-order valence-electron chi connectivity index (χ1n) is 11.3. The molecule has 1 amide bonds. The molecule has 0 unspecified atom stereocenters. The van der Waals surface area contributed by atoms with Crippen molar-refractivity contribution >= 4 is 5.91 Å². The second-order valence-electron chi connectivity index (χ2n) is 8.73. The van der Waals surface area contributed by atoms with Gasteiger partial charge in [-0.1, -0.05) is 0 Å².